The number of nitrogens with zero attached hydrogens (tertiary/aromatic N) is 3. The molecule has 7 heteroatoms. The summed E-state index contributed by atoms with van der Waals surface area (Å²) in [6.45, 7) is 1.64. The zero-order valence-corrected chi connectivity index (χ0v) is 10.8. The average Bonchev–Trinajstić information content (AvgIpc) is 2.45. The molecule has 7 nitrogen and oxygen atoms in total. The molecule has 0 spiro atoms. The normalized spacial score (nSPS) is 11.9. The second-order valence-corrected chi connectivity index (χ2v) is 4.11. The van der Waals surface area contributed by atoms with Crippen molar-refractivity contribution in [1.82, 2.24) is 9.97 Å². The molecule has 0 saturated carbocycles. The van der Waals surface area contributed by atoms with Crippen LogP contribution in [0.4, 0.5) is 5.69 Å². The Balaban J connectivity index is 2.20. The van der Waals surface area contributed by atoms with Crippen LogP contribution >= 0.6 is 0 Å². The minimum atomic E-state index is -0.874. The molecule has 2 aromatic rings. The van der Waals surface area contributed by atoms with Crippen LogP contribution in [0.1, 0.15) is 24.4 Å². The molecule has 0 radical (unpaired) electrons. The number of aliphatic hydroxyl groups excluding tert-OH is 1. The first-order valence-corrected chi connectivity index (χ1v) is 5.93. The molecule has 0 fully saturated rings. The Hall–Kier alpha value is -2.54. The fraction of sp³-hybridized carbons (Fsp3) is 0.231. The third-order valence-electron chi connectivity index (χ3n) is 2.63. The number of hydrogen-bond acceptors (Lipinski definition) is 6. The first-order chi connectivity index (χ1) is 9.58. The van der Waals surface area contributed by atoms with E-state index in [4.69, 9.17) is 4.74 Å². The molecule has 2 rings (SSSR count). The van der Waals surface area contributed by atoms with Crippen LogP contribution in [-0.2, 0) is 6.61 Å². The van der Waals surface area contributed by atoms with E-state index >= 15 is 0 Å². The standard InChI is InChI=1S/C13H13N3O4/c1-9(17)11-7-10(16(18)19)3-4-12(11)20-8-13-14-5-2-6-15-13/h2-7,9,17H,8H2,1H3/t9-/m0/s1. The lowest BCUT2D eigenvalue weighted by atomic mass is 10.1. The summed E-state index contributed by atoms with van der Waals surface area (Å²) in [5, 5.41) is 20.4. The van der Waals surface area contributed by atoms with Crippen LogP contribution in [0.15, 0.2) is 36.7 Å². The predicted molar refractivity (Wildman–Crippen MR) is 70.1 cm³/mol. The van der Waals surface area contributed by atoms with Crippen molar-refractivity contribution in [2.75, 3.05) is 0 Å². The Morgan fingerprint density at radius 1 is 1.40 bits per heavy atom. The van der Waals surface area contributed by atoms with Gasteiger partial charge in [-0.2, -0.15) is 0 Å². The van der Waals surface area contributed by atoms with Crippen LogP contribution in [0.3, 0.4) is 0 Å². The van der Waals surface area contributed by atoms with Crippen molar-refractivity contribution in [2.45, 2.75) is 19.6 Å². The Morgan fingerprint density at radius 2 is 2.10 bits per heavy atom. The van der Waals surface area contributed by atoms with Crippen molar-refractivity contribution in [3.8, 4) is 5.75 Å². The summed E-state index contributed by atoms with van der Waals surface area (Å²) in [5.74, 6) is 0.862. The van der Waals surface area contributed by atoms with Gasteiger partial charge < -0.3 is 9.84 Å². The number of ether oxygens (including phenoxy) is 1. The molecule has 0 bridgehead atoms. The van der Waals surface area contributed by atoms with E-state index in [-0.39, 0.29) is 12.3 Å². The first kappa shape index (κ1) is 13.9. The van der Waals surface area contributed by atoms with Gasteiger partial charge in [-0.1, -0.05) is 0 Å². The van der Waals surface area contributed by atoms with Gasteiger partial charge in [0.1, 0.15) is 12.4 Å². The summed E-state index contributed by atoms with van der Waals surface area (Å²) in [6, 6.07) is 5.78. The zero-order valence-electron chi connectivity index (χ0n) is 10.8. The molecule has 0 saturated heterocycles. The molecule has 1 aromatic heterocycles. The minimum Gasteiger partial charge on any atom is -0.485 e. The molecule has 0 amide bonds. The number of non-ortho nitro benzene ring substituents is 1. The summed E-state index contributed by atoms with van der Waals surface area (Å²) in [7, 11) is 0. The van der Waals surface area contributed by atoms with Crippen LogP contribution in [0, 0.1) is 10.1 Å². The number of nitro benzene ring substituents is 1. The van der Waals surface area contributed by atoms with Gasteiger partial charge in [0, 0.05) is 30.1 Å². The fourth-order valence-electron chi connectivity index (χ4n) is 1.65. The lowest BCUT2D eigenvalue weighted by molar-refractivity contribution is -0.385. The molecule has 1 atom stereocenters. The van der Waals surface area contributed by atoms with E-state index in [1.54, 1.807) is 18.5 Å². The molecule has 1 heterocycles. The highest BCUT2D eigenvalue weighted by Gasteiger charge is 2.15. The van der Waals surface area contributed by atoms with Gasteiger partial charge in [-0.05, 0) is 19.1 Å². The number of nitro groups is 1. The fourth-order valence-corrected chi connectivity index (χ4v) is 1.65. The highest BCUT2D eigenvalue weighted by atomic mass is 16.6. The van der Waals surface area contributed by atoms with Gasteiger partial charge in [0.15, 0.2) is 5.82 Å². The molecule has 104 valence electrons. The second-order valence-electron chi connectivity index (χ2n) is 4.11. The predicted octanol–water partition coefficient (Wildman–Crippen LogP) is 2.02. The zero-order chi connectivity index (χ0) is 14.5. The number of aromatic nitrogens is 2. The molecule has 20 heavy (non-hydrogen) atoms. The lowest BCUT2D eigenvalue weighted by Gasteiger charge is -2.12. The molecule has 1 aromatic carbocycles. The minimum absolute atomic E-state index is 0.0933. The van der Waals surface area contributed by atoms with Gasteiger partial charge in [0.25, 0.3) is 5.69 Å². The van der Waals surface area contributed by atoms with E-state index in [0.717, 1.165) is 0 Å². The Bertz CT molecular complexity index is 602. The number of rotatable bonds is 5. The van der Waals surface area contributed by atoms with Gasteiger partial charge in [-0.15, -0.1) is 0 Å². The third kappa shape index (κ3) is 3.27. The van der Waals surface area contributed by atoms with Crippen LogP contribution in [0.2, 0.25) is 0 Å². The monoisotopic (exact) mass is 275 g/mol. The van der Waals surface area contributed by atoms with Crippen molar-refractivity contribution in [1.29, 1.82) is 0 Å². The van der Waals surface area contributed by atoms with E-state index in [0.29, 0.717) is 17.1 Å². The largest absolute Gasteiger partial charge is 0.485 e. The van der Waals surface area contributed by atoms with Crippen molar-refractivity contribution < 1.29 is 14.8 Å². The Morgan fingerprint density at radius 3 is 2.70 bits per heavy atom. The van der Waals surface area contributed by atoms with Gasteiger partial charge >= 0.3 is 0 Å². The van der Waals surface area contributed by atoms with Gasteiger partial charge in [0.2, 0.25) is 0 Å². The SMILES string of the molecule is C[C@H](O)c1cc([N+](=O)[O-])ccc1OCc1ncccn1. The summed E-state index contributed by atoms with van der Waals surface area (Å²) < 4.78 is 5.51. The first-order valence-electron chi connectivity index (χ1n) is 5.93. The van der Waals surface area contributed by atoms with Crippen molar-refractivity contribution in [2.24, 2.45) is 0 Å². The van der Waals surface area contributed by atoms with E-state index in [1.165, 1.54) is 25.1 Å². The van der Waals surface area contributed by atoms with Gasteiger partial charge in [-0.3, -0.25) is 10.1 Å². The Labute approximate surface area is 115 Å². The molecule has 0 aliphatic carbocycles. The van der Waals surface area contributed by atoms with Crippen LogP contribution < -0.4 is 4.74 Å². The highest BCUT2D eigenvalue weighted by molar-refractivity contribution is 5.44. The van der Waals surface area contributed by atoms with E-state index in [9.17, 15) is 15.2 Å². The molecular weight excluding hydrogens is 262 g/mol. The average molecular weight is 275 g/mol. The molecule has 0 aliphatic heterocycles. The van der Waals surface area contributed by atoms with Crippen LogP contribution in [0.5, 0.6) is 5.75 Å². The van der Waals surface area contributed by atoms with Gasteiger partial charge in [-0.25, -0.2) is 9.97 Å². The third-order valence-corrected chi connectivity index (χ3v) is 2.63. The molecule has 0 unspecified atom stereocenters. The summed E-state index contributed by atoms with van der Waals surface area (Å²) in [5.41, 5.74) is 0.263. The van der Waals surface area contributed by atoms with Crippen LogP contribution in [0.25, 0.3) is 0 Å². The van der Waals surface area contributed by atoms with E-state index < -0.39 is 11.0 Å². The van der Waals surface area contributed by atoms with Crippen molar-refractivity contribution in [3.05, 3.63) is 58.2 Å². The maximum atomic E-state index is 10.7. The quantitative estimate of drug-likeness (QED) is 0.662. The summed E-state index contributed by atoms with van der Waals surface area (Å²) >= 11 is 0. The van der Waals surface area contributed by atoms with Crippen molar-refractivity contribution >= 4 is 5.69 Å². The number of hydrogen-bond donors (Lipinski definition) is 1. The molecule has 1 N–H and O–H groups in total. The van der Waals surface area contributed by atoms with Gasteiger partial charge in [0.05, 0.1) is 11.0 Å². The maximum Gasteiger partial charge on any atom is 0.270 e. The van der Waals surface area contributed by atoms with E-state index in [1.807, 2.05) is 0 Å². The molecule has 0 aliphatic rings. The Kier molecular flexibility index (Phi) is 4.21. The van der Waals surface area contributed by atoms with E-state index in [2.05, 4.69) is 9.97 Å². The molecular formula is C13H13N3O4. The highest BCUT2D eigenvalue weighted by Crippen LogP contribution is 2.29. The topological polar surface area (TPSA) is 98.4 Å². The van der Waals surface area contributed by atoms with Crippen molar-refractivity contribution in [3.63, 3.8) is 0 Å². The smallest absolute Gasteiger partial charge is 0.270 e. The summed E-state index contributed by atoms with van der Waals surface area (Å²) in [4.78, 5) is 18.2. The lowest BCUT2D eigenvalue weighted by Crippen LogP contribution is -2.04. The number of aliphatic hydroxyl groups is 1. The second kappa shape index (κ2) is 6.07. The van der Waals surface area contributed by atoms with Crippen LogP contribution in [-0.4, -0.2) is 20.0 Å². The summed E-state index contributed by atoms with van der Waals surface area (Å²) in [6.07, 6.45) is 2.32. The number of benzene rings is 1. The maximum absolute atomic E-state index is 10.7.